The number of hydrogen-bond donors (Lipinski definition) is 0. The molecule has 0 aliphatic heterocycles. The van der Waals surface area contributed by atoms with E-state index in [0.29, 0.717) is 0 Å². The molecule has 55 heavy (non-hydrogen) atoms. The highest BCUT2D eigenvalue weighted by atomic mass is 32.1. The van der Waals surface area contributed by atoms with Crippen molar-refractivity contribution in [3.8, 4) is 33.4 Å². The minimum Gasteiger partial charge on any atom is -0.310 e. The maximum atomic E-state index is 2.47. The summed E-state index contributed by atoms with van der Waals surface area (Å²) in [6.45, 7) is 4.73. The molecule has 0 unspecified atom stereocenters. The van der Waals surface area contributed by atoms with Crippen LogP contribution in [0.4, 0.5) is 17.1 Å². The third kappa shape index (κ3) is 4.92. The Morgan fingerprint density at radius 2 is 0.945 bits per heavy atom. The highest BCUT2D eigenvalue weighted by molar-refractivity contribution is 7.27. The predicted molar refractivity (Wildman–Crippen MR) is 237 cm³/mol. The third-order valence-electron chi connectivity index (χ3n) is 11.8. The third-order valence-corrected chi connectivity index (χ3v) is 13.0. The van der Waals surface area contributed by atoms with Gasteiger partial charge in [-0.25, -0.2) is 0 Å². The second kappa shape index (κ2) is 12.3. The van der Waals surface area contributed by atoms with Crippen molar-refractivity contribution in [3.63, 3.8) is 0 Å². The van der Waals surface area contributed by atoms with Gasteiger partial charge < -0.3 is 4.90 Å². The van der Waals surface area contributed by atoms with Gasteiger partial charge >= 0.3 is 0 Å². The van der Waals surface area contributed by atoms with Gasteiger partial charge in [-0.15, -0.1) is 11.3 Å². The van der Waals surface area contributed by atoms with E-state index in [9.17, 15) is 0 Å². The number of nitrogens with zero attached hydrogens (tertiary/aromatic N) is 1. The number of hydrogen-bond acceptors (Lipinski definition) is 2. The van der Waals surface area contributed by atoms with Crippen LogP contribution in [-0.4, -0.2) is 0 Å². The van der Waals surface area contributed by atoms with Gasteiger partial charge in [-0.1, -0.05) is 166 Å². The molecule has 1 aliphatic carbocycles. The Hall–Kier alpha value is -6.48. The number of fused-ring (bicyclic) bond motifs is 11. The first kappa shape index (κ1) is 32.0. The van der Waals surface area contributed by atoms with Crippen molar-refractivity contribution in [2.24, 2.45) is 0 Å². The average molecular weight is 720 g/mol. The van der Waals surface area contributed by atoms with Gasteiger partial charge in [-0.2, -0.15) is 0 Å². The van der Waals surface area contributed by atoms with Gasteiger partial charge in [0.2, 0.25) is 0 Å². The highest BCUT2D eigenvalue weighted by Gasteiger charge is 2.36. The predicted octanol–water partition coefficient (Wildman–Crippen LogP) is 15.5. The molecule has 0 fully saturated rings. The monoisotopic (exact) mass is 719 g/mol. The maximum absolute atomic E-state index is 2.47. The highest BCUT2D eigenvalue weighted by Crippen LogP contribution is 2.53. The fourth-order valence-electron chi connectivity index (χ4n) is 9.20. The lowest BCUT2D eigenvalue weighted by atomic mass is 9.82. The van der Waals surface area contributed by atoms with Gasteiger partial charge in [0, 0.05) is 48.0 Å². The first-order valence-electron chi connectivity index (χ1n) is 19.1. The van der Waals surface area contributed by atoms with E-state index in [1.165, 1.54) is 86.2 Å². The molecule has 0 spiro atoms. The van der Waals surface area contributed by atoms with E-state index in [4.69, 9.17) is 0 Å². The number of anilines is 3. The van der Waals surface area contributed by atoms with Gasteiger partial charge in [-0.3, -0.25) is 0 Å². The lowest BCUT2D eigenvalue weighted by molar-refractivity contribution is 0.660. The Morgan fingerprint density at radius 3 is 1.69 bits per heavy atom. The van der Waals surface area contributed by atoms with Crippen LogP contribution in [0.15, 0.2) is 188 Å². The van der Waals surface area contributed by atoms with Crippen LogP contribution in [0.25, 0.3) is 75.1 Å². The van der Waals surface area contributed by atoms with Crippen molar-refractivity contribution < 1.29 is 0 Å². The molecule has 2 heteroatoms. The van der Waals surface area contributed by atoms with E-state index in [-0.39, 0.29) is 5.41 Å². The number of rotatable bonds is 5. The Balaban J connectivity index is 1.20. The second-order valence-electron chi connectivity index (χ2n) is 15.3. The van der Waals surface area contributed by atoms with Crippen molar-refractivity contribution in [3.05, 3.63) is 199 Å². The molecule has 1 aliphatic rings. The molecular weight excluding hydrogens is 683 g/mol. The SMILES string of the molecule is CC1(C)c2ccccc2-c2ccc(N(c3ccc(-c4ccccc4)cc3)c3cc(-c4ccccc4)c4c(c3)sc3c5ccccc5c5ccccc5c34)cc21. The van der Waals surface area contributed by atoms with Crippen LogP contribution in [0.2, 0.25) is 0 Å². The van der Waals surface area contributed by atoms with E-state index in [2.05, 4.69) is 207 Å². The molecule has 1 heterocycles. The van der Waals surface area contributed by atoms with E-state index in [0.717, 1.165) is 17.1 Å². The fraction of sp³-hybridized carbons (Fsp3) is 0.0566. The summed E-state index contributed by atoms with van der Waals surface area (Å²) < 4.78 is 2.63. The van der Waals surface area contributed by atoms with Crippen molar-refractivity contribution >= 4 is 70.1 Å². The van der Waals surface area contributed by atoms with Crippen LogP contribution < -0.4 is 4.90 Å². The summed E-state index contributed by atoms with van der Waals surface area (Å²) in [5, 5.41) is 7.89. The van der Waals surface area contributed by atoms with Crippen molar-refractivity contribution in [1.29, 1.82) is 0 Å². The molecule has 10 aromatic rings. The van der Waals surface area contributed by atoms with Crippen molar-refractivity contribution in [2.45, 2.75) is 19.3 Å². The fourth-order valence-corrected chi connectivity index (χ4v) is 10.5. The zero-order valence-electron chi connectivity index (χ0n) is 30.8. The van der Waals surface area contributed by atoms with Gasteiger partial charge in [0.15, 0.2) is 0 Å². The number of thiophene rings is 1. The molecule has 260 valence electrons. The summed E-state index contributed by atoms with van der Waals surface area (Å²) in [5.74, 6) is 0. The van der Waals surface area contributed by atoms with E-state index >= 15 is 0 Å². The van der Waals surface area contributed by atoms with Gasteiger partial charge in [0.05, 0.1) is 0 Å². The first-order chi connectivity index (χ1) is 27.0. The maximum Gasteiger partial charge on any atom is 0.0482 e. The molecule has 0 atom stereocenters. The molecule has 0 N–H and O–H groups in total. The zero-order chi connectivity index (χ0) is 36.7. The quantitative estimate of drug-likeness (QED) is 0.160. The summed E-state index contributed by atoms with van der Waals surface area (Å²) in [6.07, 6.45) is 0. The van der Waals surface area contributed by atoms with Crippen LogP contribution in [0, 0.1) is 0 Å². The summed E-state index contributed by atoms with van der Waals surface area (Å²) in [6, 6.07) is 69.5. The molecule has 1 nitrogen and oxygen atoms in total. The summed E-state index contributed by atoms with van der Waals surface area (Å²) in [7, 11) is 0. The standard InChI is InChI=1S/C53H37NS/c1-53(2)47-24-14-13-21-42(47)43-30-29-38(32-48(43)53)54(37-27-25-35(26-28-37)34-15-5-3-6-16-34)39-31-46(36-17-7-4-8-18-36)50-49(33-39)55-52-45-23-12-10-20-41(45)40-19-9-11-22-44(40)51(50)52/h3-33H,1-2H3. The molecule has 0 saturated carbocycles. The Bertz CT molecular complexity index is 3100. The van der Waals surface area contributed by atoms with Crippen LogP contribution in [0.1, 0.15) is 25.0 Å². The molecule has 9 aromatic carbocycles. The van der Waals surface area contributed by atoms with Crippen LogP contribution >= 0.6 is 11.3 Å². The lowest BCUT2D eigenvalue weighted by Gasteiger charge is -2.29. The molecule has 0 amide bonds. The molecule has 11 rings (SSSR count). The molecule has 1 aromatic heterocycles. The average Bonchev–Trinajstić information content (AvgIpc) is 3.74. The Kier molecular flexibility index (Phi) is 7.14. The number of benzene rings is 9. The molecule has 0 saturated heterocycles. The first-order valence-corrected chi connectivity index (χ1v) is 19.9. The Labute approximate surface area is 325 Å². The van der Waals surface area contributed by atoms with E-state index < -0.39 is 0 Å². The van der Waals surface area contributed by atoms with Gasteiger partial charge in [0.25, 0.3) is 0 Å². The molecule has 0 bridgehead atoms. The Morgan fingerprint density at radius 1 is 0.382 bits per heavy atom. The van der Waals surface area contributed by atoms with Crippen LogP contribution in [0.3, 0.4) is 0 Å². The minimum atomic E-state index is -0.114. The minimum absolute atomic E-state index is 0.114. The van der Waals surface area contributed by atoms with E-state index in [1.807, 2.05) is 11.3 Å². The van der Waals surface area contributed by atoms with Crippen LogP contribution in [-0.2, 0) is 5.41 Å². The smallest absolute Gasteiger partial charge is 0.0482 e. The normalized spacial score (nSPS) is 13.1. The lowest BCUT2D eigenvalue weighted by Crippen LogP contribution is -2.16. The summed E-state index contributed by atoms with van der Waals surface area (Å²) in [4.78, 5) is 2.47. The summed E-state index contributed by atoms with van der Waals surface area (Å²) >= 11 is 1.92. The van der Waals surface area contributed by atoms with E-state index in [1.54, 1.807) is 0 Å². The largest absolute Gasteiger partial charge is 0.310 e. The molecule has 0 radical (unpaired) electrons. The molecular formula is C53H37NS. The van der Waals surface area contributed by atoms with Crippen LogP contribution in [0.5, 0.6) is 0 Å². The summed E-state index contributed by atoms with van der Waals surface area (Å²) in [5.41, 5.74) is 13.6. The van der Waals surface area contributed by atoms with Gasteiger partial charge in [0.1, 0.15) is 0 Å². The van der Waals surface area contributed by atoms with Crippen molar-refractivity contribution in [2.75, 3.05) is 4.90 Å². The second-order valence-corrected chi connectivity index (χ2v) is 16.3. The topological polar surface area (TPSA) is 3.24 Å². The van der Waals surface area contributed by atoms with Crippen molar-refractivity contribution in [1.82, 2.24) is 0 Å². The van der Waals surface area contributed by atoms with Gasteiger partial charge in [-0.05, 0) is 97.1 Å². The zero-order valence-corrected chi connectivity index (χ0v) is 31.6.